The first-order valence-corrected chi connectivity index (χ1v) is 6.53. The molecular formula is C15H15FN4. The van der Waals surface area contributed by atoms with E-state index in [0.717, 1.165) is 13.0 Å². The van der Waals surface area contributed by atoms with Crippen molar-refractivity contribution in [2.75, 3.05) is 11.9 Å². The van der Waals surface area contributed by atoms with E-state index in [1.807, 2.05) is 12.1 Å². The number of nitrogens with one attached hydrogen (secondary N) is 1. The number of hydrogen-bond acceptors (Lipinski definition) is 3. The van der Waals surface area contributed by atoms with Gasteiger partial charge in [-0.05, 0) is 36.6 Å². The van der Waals surface area contributed by atoms with Crippen LogP contribution in [0.3, 0.4) is 0 Å². The maximum Gasteiger partial charge on any atom is 0.243 e. The van der Waals surface area contributed by atoms with Crippen molar-refractivity contribution in [2.24, 2.45) is 0 Å². The number of hydrogen-bond donors (Lipinski definition) is 1. The topological polar surface area (TPSA) is 42.2 Å². The number of halogens is 1. The molecule has 20 heavy (non-hydrogen) atoms. The van der Waals surface area contributed by atoms with E-state index < -0.39 is 0 Å². The summed E-state index contributed by atoms with van der Waals surface area (Å²) in [5.74, 6) is 0.193. The third-order valence-corrected chi connectivity index (χ3v) is 3.23. The van der Waals surface area contributed by atoms with Crippen LogP contribution in [-0.4, -0.2) is 21.1 Å². The van der Waals surface area contributed by atoms with E-state index in [9.17, 15) is 4.39 Å². The highest BCUT2D eigenvalue weighted by molar-refractivity contribution is 5.43. The predicted molar refractivity (Wildman–Crippen MR) is 76.3 cm³/mol. The quantitative estimate of drug-likeness (QED) is 0.792. The Balaban J connectivity index is 1.67. The molecule has 5 heteroatoms. The van der Waals surface area contributed by atoms with Crippen LogP contribution >= 0.6 is 0 Å². The summed E-state index contributed by atoms with van der Waals surface area (Å²) in [6.45, 7) is 2.84. The Hall–Kier alpha value is -2.43. The van der Waals surface area contributed by atoms with Crippen molar-refractivity contribution in [1.29, 1.82) is 0 Å². The smallest absolute Gasteiger partial charge is 0.243 e. The van der Waals surface area contributed by atoms with Crippen molar-refractivity contribution < 1.29 is 4.39 Å². The molecule has 0 unspecified atom stereocenters. The molecule has 0 bridgehead atoms. The Morgan fingerprint density at radius 2 is 2.05 bits per heavy atom. The second-order valence-corrected chi connectivity index (χ2v) is 4.69. The summed E-state index contributed by atoms with van der Waals surface area (Å²) in [6, 6.07) is 11.3. The van der Waals surface area contributed by atoms with Crippen LogP contribution in [0.1, 0.15) is 11.1 Å². The fourth-order valence-corrected chi connectivity index (χ4v) is 2.13. The number of anilines is 1. The lowest BCUT2D eigenvalue weighted by atomic mass is 10.1. The second kappa shape index (κ2) is 5.28. The first-order chi connectivity index (χ1) is 9.72. The van der Waals surface area contributed by atoms with E-state index in [0.29, 0.717) is 11.6 Å². The van der Waals surface area contributed by atoms with E-state index in [1.165, 1.54) is 27.9 Å². The van der Waals surface area contributed by atoms with Gasteiger partial charge in [-0.25, -0.2) is 8.91 Å². The summed E-state index contributed by atoms with van der Waals surface area (Å²) in [5.41, 5.74) is 3.21. The van der Waals surface area contributed by atoms with Gasteiger partial charge in [-0.15, -0.1) is 5.10 Å². The zero-order valence-corrected chi connectivity index (χ0v) is 11.2. The SMILES string of the molecule is Cc1ccccc1CCNc1nc2ccc(F)cn2n1. The molecule has 3 rings (SSSR count). The average Bonchev–Trinajstić information content (AvgIpc) is 2.83. The van der Waals surface area contributed by atoms with Crippen molar-refractivity contribution >= 4 is 11.6 Å². The average molecular weight is 270 g/mol. The van der Waals surface area contributed by atoms with Gasteiger partial charge in [0.1, 0.15) is 5.82 Å². The summed E-state index contributed by atoms with van der Waals surface area (Å²) in [6.07, 6.45) is 2.21. The number of nitrogens with zero attached hydrogens (tertiary/aromatic N) is 3. The van der Waals surface area contributed by atoms with E-state index >= 15 is 0 Å². The van der Waals surface area contributed by atoms with E-state index in [1.54, 1.807) is 6.07 Å². The summed E-state index contributed by atoms with van der Waals surface area (Å²) < 4.78 is 14.5. The highest BCUT2D eigenvalue weighted by Gasteiger charge is 2.04. The van der Waals surface area contributed by atoms with E-state index in [2.05, 4.69) is 34.5 Å². The summed E-state index contributed by atoms with van der Waals surface area (Å²) in [7, 11) is 0. The molecule has 1 N–H and O–H groups in total. The molecule has 4 nitrogen and oxygen atoms in total. The molecule has 0 aliphatic heterocycles. The first-order valence-electron chi connectivity index (χ1n) is 6.53. The van der Waals surface area contributed by atoms with Gasteiger partial charge in [0, 0.05) is 6.54 Å². The number of fused-ring (bicyclic) bond motifs is 1. The van der Waals surface area contributed by atoms with Gasteiger partial charge in [0.25, 0.3) is 0 Å². The zero-order valence-electron chi connectivity index (χ0n) is 11.2. The van der Waals surface area contributed by atoms with Crippen molar-refractivity contribution in [2.45, 2.75) is 13.3 Å². The number of pyridine rings is 1. The Morgan fingerprint density at radius 3 is 2.90 bits per heavy atom. The minimum atomic E-state index is -0.325. The van der Waals surface area contributed by atoms with Crippen molar-refractivity contribution in [3.05, 3.63) is 59.5 Å². The Labute approximate surface area is 116 Å². The molecule has 0 atom stereocenters. The lowest BCUT2D eigenvalue weighted by molar-refractivity contribution is 0.615. The lowest BCUT2D eigenvalue weighted by Crippen LogP contribution is -2.07. The van der Waals surface area contributed by atoms with Crippen LogP contribution in [0.15, 0.2) is 42.6 Å². The van der Waals surface area contributed by atoms with Gasteiger partial charge < -0.3 is 5.32 Å². The monoisotopic (exact) mass is 270 g/mol. The molecule has 1 aromatic carbocycles. The van der Waals surface area contributed by atoms with Gasteiger partial charge in [0.05, 0.1) is 6.20 Å². The summed E-state index contributed by atoms with van der Waals surface area (Å²) in [5, 5.41) is 7.35. The maximum absolute atomic E-state index is 13.1. The minimum Gasteiger partial charge on any atom is -0.353 e. The highest BCUT2D eigenvalue weighted by Crippen LogP contribution is 2.09. The Bertz CT molecular complexity index is 736. The minimum absolute atomic E-state index is 0.325. The normalized spacial score (nSPS) is 10.9. The largest absolute Gasteiger partial charge is 0.353 e. The van der Waals surface area contributed by atoms with Crippen molar-refractivity contribution in [3.63, 3.8) is 0 Å². The number of aryl methyl sites for hydroxylation is 1. The fourth-order valence-electron chi connectivity index (χ4n) is 2.13. The van der Waals surface area contributed by atoms with Crippen LogP contribution < -0.4 is 5.32 Å². The predicted octanol–water partition coefficient (Wildman–Crippen LogP) is 2.83. The standard InChI is InChI=1S/C15H15FN4/c1-11-4-2-3-5-12(11)8-9-17-15-18-14-7-6-13(16)10-20(14)19-15/h2-7,10H,8-9H2,1H3,(H,17,19). The van der Waals surface area contributed by atoms with Crippen LogP contribution in [0.2, 0.25) is 0 Å². The second-order valence-electron chi connectivity index (χ2n) is 4.69. The number of rotatable bonds is 4. The van der Waals surface area contributed by atoms with E-state index in [4.69, 9.17) is 0 Å². The Morgan fingerprint density at radius 1 is 1.20 bits per heavy atom. The third kappa shape index (κ3) is 2.61. The molecule has 0 radical (unpaired) electrons. The van der Waals surface area contributed by atoms with Crippen LogP contribution in [0.25, 0.3) is 5.65 Å². The maximum atomic E-state index is 13.1. The fraction of sp³-hybridized carbons (Fsp3) is 0.200. The molecular weight excluding hydrogens is 255 g/mol. The number of benzene rings is 1. The van der Waals surface area contributed by atoms with E-state index in [-0.39, 0.29) is 5.82 Å². The first kappa shape index (κ1) is 12.6. The van der Waals surface area contributed by atoms with Crippen LogP contribution in [0, 0.1) is 12.7 Å². The van der Waals surface area contributed by atoms with Gasteiger partial charge in [-0.2, -0.15) is 4.98 Å². The molecule has 2 aromatic heterocycles. The summed E-state index contributed by atoms with van der Waals surface area (Å²) in [4.78, 5) is 4.28. The van der Waals surface area contributed by atoms with Crippen LogP contribution in [0.5, 0.6) is 0 Å². The molecule has 2 heterocycles. The van der Waals surface area contributed by atoms with Gasteiger partial charge >= 0.3 is 0 Å². The molecule has 3 aromatic rings. The third-order valence-electron chi connectivity index (χ3n) is 3.23. The molecule has 0 aliphatic carbocycles. The molecule has 0 saturated heterocycles. The Kier molecular flexibility index (Phi) is 3.33. The van der Waals surface area contributed by atoms with Gasteiger partial charge in [0.15, 0.2) is 5.65 Å². The molecule has 0 saturated carbocycles. The lowest BCUT2D eigenvalue weighted by Gasteiger charge is -2.05. The molecule has 0 aliphatic rings. The van der Waals surface area contributed by atoms with Crippen LogP contribution in [0.4, 0.5) is 10.3 Å². The van der Waals surface area contributed by atoms with Crippen LogP contribution in [-0.2, 0) is 6.42 Å². The van der Waals surface area contributed by atoms with Gasteiger partial charge in [-0.1, -0.05) is 24.3 Å². The number of aromatic nitrogens is 3. The zero-order chi connectivity index (χ0) is 13.9. The molecule has 102 valence electrons. The molecule has 0 fully saturated rings. The van der Waals surface area contributed by atoms with Crippen molar-refractivity contribution in [1.82, 2.24) is 14.6 Å². The van der Waals surface area contributed by atoms with Crippen molar-refractivity contribution in [3.8, 4) is 0 Å². The van der Waals surface area contributed by atoms with Gasteiger partial charge in [0.2, 0.25) is 5.95 Å². The summed E-state index contributed by atoms with van der Waals surface area (Å²) >= 11 is 0. The highest BCUT2D eigenvalue weighted by atomic mass is 19.1. The molecule has 0 spiro atoms. The van der Waals surface area contributed by atoms with Gasteiger partial charge in [-0.3, -0.25) is 0 Å². The molecule has 0 amide bonds.